The van der Waals surface area contributed by atoms with E-state index in [0.717, 1.165) is 25.7 Å². The molecule has 1 saturated heterocycles. The maximum absolute atomic E-state index is 14.4. The van der Waals surface area contributed by atoms with Crippen molar-refractivity contribution in [3.8, 4) is 5.88 Å². The Labute approximate surface area is 257 Å². The average molecular weight is 621 g/mol. The van der Waals surface area contributed by atoms with Crippen LogP contribution in [0.15, 0.2) is 79.0 Å². The van der Waals surface area contributed by atoms with Gasteiger partial charge in [-0.25, -0.2) is 4.98 Å². The number of aliphatic hydroxyl groups excluding tert-OH is 1. The Bertz CT molecular complexity index is 1720. The van der Waals surface area contributed by atoms with E-state index in [1.165, 1.54) is 12.3 Å². The van der Waals surface area contributed by atoms with Gasteiger partial charge in [0.2, 0.25) is 17.7 Å². The minimum atomic E-state index is -4.50. The Morgan fingerprint density at radius 3 is 2.49 bits per heavy atom. The first-order valence-corrected chi connectivity index (χ1v) is 14.8. The number of rotatable bonds is 11. The van der Waals surface area contributed by atoms with Crippen molar-refractivity contribution in [3.63, 3.8) is 0 Å². The van der Waals surface area contributed by atoms with Gasteiger partial charge in [-0.15, -0.1) is 0 Å². The molecule has 4 aromatic rings. The van der Waals surface area contributed by atoms with Crippen molar-refractivity contribution in [2.75, 3.05) is 19.7 Å². The van der Waals surface area contributed by atoms with Gasteiger partial charge in [-0.2, -0.15) is 22.7 Å². The molecule has 2 aromatic carbocycles. The molecule has 0 atom stereocenters. The quantitative estimate of drug-likeness (QED) is 0.111. The van der Waals surface area contributed by atoms with Crippen molar-refractivity contribution >= 4 is 28.0 Å². The van der Waals surface area contributed by atoms with E-state index in [1.54, 1.807) is 65.6 Å². The number of hydrogen-bond donors (Lipinski definition) is 2. The van der Waals surface area contributed by atoms with Crippen LogP contribution in [0.3, 0.4) is 0 Å². The molecule has 6 rings (SSSR count). The number of aliphatic hydroxyl groups is 1. The number of nitrogens with zero attached hydrogens (tertiary/aromatic N) is 3. The Hall–Kier alpha value is -4.51. The second kappa shape index (κ2) is 12.5. The molecular weight excluding hydrogens is 588 g/mol. The van der Waals surface area contributed by atoms with Gasteiger partial charge in [0.1, 0.15) is 0 Å². The van der Waals surface area contributed by atoms with Crippen LogP contribution in [0.25, 0.3) is 22.0 Å². The van der Waals surface area contributed by atoms with Crippen molar-refractivity contribution in [1.29, 1.82) is 0 Å². The standard InChI is InChI=1S/C34H32F4N4O3/c35-32-26-16-23(9-11-28(26)40-41-32)31(27(17-34(36,37)38)22-6-2-1-3-7-22)24-10-12-29(39-18-24)45-21-33(14-15-33)13-5-4-8-30(44)42-19-25(43)20-42/h1-4,6-12,16,18,25,43H,5,13-15,17,19-21H2,(H,40,41)/b8-4+,31-27-. The molecule has 234 valence electrons. The second-order valence-corrected chi connectivity index (χ2v) is 11.8. The van der Waals surface area contributed by atoms with Crippen LogP contribution in [0, 0.1) is 11.4 Å². The van der Waals surface area contributed by atoms with Crippen LogP contribution < -0.4 is 4.74 Å². The summed E-state index contributed by atoms with van der Waals surface area (Å²) < 4.78 is 62.4. The summed E-state index contributed by atoms with van der Waals surface area (Å²) in [6.45, 7) is 1.18. The largest absolute Gasteiger partial charge is 0.477 e. The first kappa shape index (κ1) is 30.5. The molecule has 1 aliphatic carbocycles. The molecule has 1 aliphatic heterocycles. The lowest BCUT2D eigenvalue weighted by molar-refractivity contribution is -0.135. The molecule has 2 aliphatic rings. The summed E-state index contributed by atoms with van der Waals surface area (Å²) in [4.78, 5) is 18.1. The molecule has 3 heterocycles. The molecule has 7 nitrogen and oxygen atoms in total. The third-order valence-electron chi connectivity index (χ3n) is 8.38. The van der Waals surface area contributed by atoms with Crippen molar-refractivity contribution < 1.29 is 32.2 Å². The summed E-state index contributed by atoms with van der Waals surface area (Å²) in [7, 11) is 0. The number of carbonyl (C=O) groups excluding carboxylic acids is 1. The normalized spacial score (nSPS) is 17.0. The van der Waals surface area contributed by atoms with Crippen LogP contribution >= 0.6 is 0 Å². The summed E-state index contributed by atoms with van der Waals surface area (Å²) in [5.41, 5.74) is 1.90. The highest BCUT2D eigenvalue weighted by Gasteiger charge is 2.42. The van der Waals surface area contributed by atoms with Gasteiger partial charge >= 0.3 is 6.18 Å². The van der Waals surface area contributed by atoms with E-state index >= 15 is 0 Å². The van der Waals surface area contributed by atoms with Crippen LogP contribution in [0.1, 0.15) is 48.8 Å². The summed E-state index contributed by atoms with van der Waals surface area (Å²) >= 11 is 0. The van der Waals surface area contributed by atoms with Gasteiger partial charge in [0.25, 0.3) is 0 Å². The topological polar surface area (TPSA) is 91.3 Å². The molecular formula is C34H32F4N4O3. The molecule has 1 amide bonds. The molecule has 0 spiro atoms. The fraction of sp³-hybridized carbons (Fsp3) is 0.324. The van der Waals surface area contributed by atoms with Crippen molar-refractivity contribution in [2.24, 2.45) is 5.41 Å². The van der Waals surface area contributed by atoms with Gasteiger partial charge in [-0.05, 0) is 72.2 Å². The number of alkyl halides is 3. The van der Waals surface area contributed by atoms with E-state index in [9.17, 15) is 27.5 Å². The lowest BCUT2D eigenvalue weighted by Crippen LogP contribution is -2.52. The van der Waals surface area contributed by atoms with Gasteiger partial charge in [-0.3, -0.25) is 9.89 Å². The molecule has 1 saturated carbocycles. The lowest BCUT2D eigenvalue weighted by atomic mass is 9.88. The van der Waals surface area contributed by atoms with Crippen molar-refractivity contribution in [1.82, 2.24) is 20.1 Å². The second-order valence-electron chi connectivity index (χ2n) is 11.8. The highest BCUT2D eigenvalue weighted by Crippen LogP contribution is 2.50. The average Bonchev–Trinajstić information content (AvgIpc) is 3.70. The number of hydrogen-bond acceptors (Lipinski definition) is 5. The third kappa shape index (κ3) is 7.25. The van der Waals surface area contributed by atoms with E-state index in [4.69, 9.17) is 4.74 Å². The molecule has 0 radical (unpaired) electrons. The number of likely N-dealkylation sites (tertiary alicyclic amines) is 1. The monoisotopic (exact) mass is 620 g/mol. The van der Waals surface area contributed by atoms with Gasteiger partial charge in [0.15, 0.2) is 0 Å². The van der Waals surface area contributed by atoms with E-state index < -0.39 is 24.6 Å². The number of benzene rings is 2. The Morgan fingerprint density at radius 2 is 1.82 bits per heavy atom. The maximum Gasteiger partial charge on any atom is 0.393 e. The van der Waals surface area contributed by atoms with Gasteiger partial charge in [0, 0.05) is 36.3 Å². The summed E-state index contributed by atoms with van der Waals surface area (Å²) in [6, 6.07) is 16.3. The Kier molecular flexibility index (Phi) is 8.46. The fourth-order valence-electron chi connectivity index (χ4n) is 5.62. The van der Waals surface area contributed by atoms with Crippen LogP contribution in [-0.2, 0) is 4.79 Å². The molecule has 0 bridgehead atoms. The first-order chi connectivity index (χ1) is 21.6. The number of fused-ring (bicyclic) bond motifs is 1. The molecule has 0 unspecified atom stereocenters. The smallest absolute Gasteiger partial charge is 0.393 e. The summed E-state index contributed by atoms with van der Waals surface area (Å²) in [6.07, 6.45) is 2.30. The van der Waals surface area contributed by atoms with Crippen LogP contribution in [-0.4, -0.2) is 63.1 Å². The van der Waals surface area contributed by atoms with Gasteiger partial charge < -0.3 is 14.7 Å². The zero-order valence-electron chi connectivity index (χ0n) is 24.4. The number of amides is 1. The minimum Gasteiger partial charge on any atom is -0.477 e. The van der Waals surface area contributed by atoms with Gasteiger partial charge in [-0.1, -0.05) is 42.5 Å². The summed E-state index contributed by atoms with van der Waals surface area (Å²) in [5, 5.41) is 15.7. The first-order valence-electron chi connectivity index (χ1n) is 14.8. The maximum atomic E-state index is 14.4. The van der Waals surface area contributed by atoms with Crippen molar-refractivity contribution in [3.05, 3.63) is 102 Å². The lowest BCUT2D eigenvalue weighted by Gasteiger charge is -2.34. The predicted molar refractivity (Wildman–Crippen MR) is 161 cm³/mol. The third-order valence-corrected chi connectivity index (χ3v) is 8.38. The molecule has 11 heteroatoms. The Morgan fingerprint density at radius 1 is 1.07 bits per heavy atom. The Balaban J connectivity index is 1.22. The number of aromatic nitrogens is 3. The zero-order valence-corrected chi connectivity index (χ0v) is 24.4. The summed E-state index contributed by atoms with van der Waals surface area (Å²) in [5.74, 6) is -0.420. The van der Waals surface area contributed by atoms with Gasteiger partial charge in [0.05, 0.1) is 30.0 Å². The number of allylic oxidation sites excluding steroid dienone is 2. The number of pyridine rings is 1. The minimum absolute atomic E-state index is 0.0109. The molecule has 2 aromatic heterocycles. The van der Waals surface area contributed by atoms with Crippen LogP contribution in [0.5, 0.6) is 5.88 Å². The number of nitrogens with one attached hydrogen (secondary N) is 1. The molecule has 2 fully saturated rings. The van der Waals surface area contributed by atoms with E-state index in [2.05, 4.69) is 15.2 Å². The fourth-order valence-corrected chi connectivity index (χ4v) is 5.62. The highest BCUT2D eigenvalue weighted by atomic mass is 19.4. The van der Waals surface area contributed by atoms with Crippen molar-refractivity contribution in [2.45, 2.75) is 44.4 Å². The van der Waals surface area contributed by atoms with E-state index in [1.807, 2.05) is 6.08 Å². The predicted octanol–water partition coefficient (Wildman–Crippen LogP) is 6.71. The van der Waals surface area contributed by atoms with Crippen LogP contribution in [0.2, 0.25) is 0 Å². The number of ether oxygens (including phenoxy) is 1. The number of halogens is 4. The number of carbonyl (C=O) groups is 1. The molecule has 45 heavy (non-hydrogen) atoms. The number of aromatic amines is 1. The van der Waals surface area contributed by atoms with Crippen LogP contribution in [0.4, 0.5) is 17.6 Å². The zero-order chi connectivity index (χ0) is 31.6. The van der Waals surface area contributed by atoms with E-state index in [0.29, 0.717) is 47.8 Å². The van der Waals surface area contributed by atoms with E-state index in [-0.39, 0.29) is 27.9 Å². The number of β-amino-alcohol motifs (C(OH)–C–C–N with tert-alkyl or cyclic N) is 1. The highest BCUT2D eigenvalue weighted by molar-refractivity contribution is 6.00. The number of H-pyrrole nitrogens is 1. The SMILES string of the molecule is O=C(/C=C/CCC1(COc2ccc(/C(=C(/CC(F)(F)F)c3ccccc3)c3ccc4n[nH]c(F)c4c3)cn2)CC1)N1CC(O)C1. The molecule has 2 N–H and O–H groups in total.